The van der Waals surface area contributed by atoms with Gasteiger partial charge in [0, 0.05) is 32.1 Å². The number of likely N-dealkylation sites (tertiary alicyclic amines) is 1. The number of nitrogens with one attached hydrogen (secondary N) is 2. The zero-order valence-corrected chi connectivity index (χ0v) is 15.4. The number of fused-ring (bicyclic) bond motifs is 2. The van der Waals surface area contributed by atoms with Gasteiger partial charge in [0.1, 0.15) is 6.04 Å². The molecule has 8 nitrogen and oxygen atoms in total. The number of piperidine rings is 1. The molecule has 1 aromatic rings. The highest BCUT2D eigenvalue weighted by Gasteiger charge is 2.44. The second kappa shape index (κ2) is 6.49. The van der Waals surface area contributed by atoms with Gasteiger partial charge < -0.3 is 5.32 Å². The van der Waals surface area contributed by atoms with E-state index < -0.39 is 23.8 Å². The van der Waals surface area contributed by atoms with Crippen LogP contribution in [0.25, 0.3) is 0 Å². The number of imide groups is 2. The topological polar surface area (TPSA) is 98.8 Å². The van der Waals surface area contributed by atoms with E-state index >= 15 is 0 Å². The summed E-state index contributed by atoms with van der Waals surface area (Å²) >= 11 is 0. The fourth-order valence-corrected chi connectivity index (χ4v) is 4.94. The van der Waals surface area contributed by atoms with Crippen molar-refractivity contribution in [3.63, 3.8) is 0 Å². The molecule has 5 rings (SSSR count). The molecule has 146 valence electrons. The Balaban J connectivity index is 1.34. The lowest BCUT2D eigenvalue weighted by Crippen LogP contribution is -2.54. The molecular formula is C20H22N4O4. The van der Waals surface area contributed by atoms with Crippen LogP contribution in [0.1, 0.15) is 45.5 Å². The van der Waals surface area contributed by atoms with E-state index in [1.54, 1.807) is 12.1 Å². The van der Waals surface area contributed by atoms with Crippen LogP contribution in [-0.4, -0.2) is 65.1 Å². The van der Waals surface area contributed by atoms with Gasteiger partial charge in [-0.15, -0.1) is 0 Å². The Bertz CT molecular complexity index is 886. The first-order valence-electron chi connectivity index (χ1n) is 9.81. The fourth-order valence-electron chi connectivity index (χ4n) is 4.94. The summed E-state index contributed by atoms with van der Waals surface area (Å²) in [5.41, 5.74) is 1.67. The summed E-state index contributed by atoms with van der Waals surface area (Å²) in [5.74, 6) is -1.16. The largest absolute Gasteiger partial charge is 0.312 e. The monoisotopic (exact) mass is 382 g/mol. The van der Waals surface area contributed by atoms with Gasteiger partial charge in [-0.3, -0.25) is 34.3 Å². The predicted molar refractivity (Wildman–Crippen MR) is 98.3 cm³/mol. The SMILES string of the molecule is O=C1CCC(N2C(=O)c3ccc(CN4C[C@H]5CCN[C@H]5C4)cc3C2=O)C(=O)N1. The second-order valence-corrected chi connectivity index (χ2v) is 8.13. The quantitative estimate of drug-likeness (QED) is 0.708. The molecule has 3 saturated heterocycles. The number of nitrogens with zero attached hydrogens (tertiary/aromatic N) is 2. The van der Waals surface area contributed by atoms with Crippen molar-refractivity contribution in [1.29, 1.82) is 0 Å². The standard InChI is InChI=1S/C20H22N4O4/c25-17-4-3-16(18(26)22-17)24-19(27)13-2-1-11(7-14(13)20(24)28)8-23-9-12-5-6-21-15(12)10-23/h1-2,7,12,15-16,21H,3-6,8-10H2,(H,22,25,26)/t12-,15+,16?/m1/s1. The van der Waals surface area contributed by atoms with Crippen molar-refractivity contribution in [2.45, 2.75) is 37.9 Å². The van der Waals surface area contributed by atoms with Crippen molar-refractivity contribution >= 4 is 23.6 Å². The molecule has 1 aromatic carbocycles. The number of benzene rings is 1. The molecule has 3 atom stereocenters. The zero-order valence-electron chi connectivity index (χ0n) is 15.4. The Labute approximate surface area is 162 Å². The number of carbonyl (C=O) groups is 4. The Kier molecular flexibility index (Phi) is 4.06. The second-order valence-electron chi connectivity index (χ2n) is 8.13. The van der Waals surface area contributed by atoms with Crippen LogP contribution in [0.5, 0.6) is 0 Å². The maximum Gasteiger partial charge on any atom is 0.262 e. The third kappa shape index (κ3) is 2.75. The lowest BCUT2D eigenvalue weighted by molar-refractivity contribution is -0.136. The maximum absolute atomic E-state index is 12.9. The van der Waals surface area contributed by atoms with E-state index in [2.05, 4.69) is 15.5 Å². The van der Waals surface area contributed by atoms with E-state index in [4.69, 9.17) is 0 Å². The minimum atomic E-state index is -0.919. The molecule has 28 heavy (non-hydrogen) atoms. The molecular weight excluding hydrogens is 360 g/mol. The van der Waals surface area contributed by atoms with Gasteiger partial charge in [0.25, 0.3) is 11.8 Å². The molecule has 4 aliphatic heterocycles. The predicted octanol–water partition coefficient (Wildman–Crippen LogP) is -0.118. The van der Waals surface area contributed by atoms with Gasteiger partial charge in [-0.25, -0.2) is 0 Å². The first kappa shape index (κ1) is 17.5. The maximum atomic E-state index is 12.9. The van der Waals surface area contributed by atoms with Crippen LogP contribution in [0.2, 0.25) is 0 Å². The summed E-state index contributed by atoms with van der Waals surface area (Å²) in [4.78, 5) is 52.5. The summed E-state index contributed by atoms with van der Waals surface area (Å²) in [6.45, 7) is 3.87. The molecule has 0 aromatic heterocycles. The van der Waals surface area contributed by atoms with Crippen LogP contribution in [0, 0.1) is 5.92 Å². The Morgan fingerprint density at radius 3 is 2.61 bits per heavy atom. The molecule has 4 aliphatic rings. The molecule has 0 radical (unpaired) electrons. The lowest BCUT2D eigenvalue weighted by Gasteiger charge is -2.27. The van der Waals surface area contributed by atoms with Crippen LogP contribution in [0.3, 0.4) is 0 Å². The van der Waals surface area contributed by atoms with Gasteiger partial charge in [0.15, 0.2) is 0 Å². The van der Waals surface area contributed by atoms with E-state index in [1.165, 1.54) is 6.42 Å². The number of amides is 4. The lowest BCUT2D eigenvalue weighted by atomic mass is 10.0. The van der Waals surface area contributed by atoms with Crippen molar-refractivity contribution in [3.05, 3.63) is 34.9 Å². The van der Waals surface area contributed by atoms with Gasteiger partial charge in [-0.2, -0.15) is 0 Å². The van der Waals surface area contributed by atoms with Crippen molar-refractivity contribution in [3.8, 4) is 0 Å². The van der Waals surface area contributed by atoms with Crippen molar-refractivity contribution in [1.82, 2.24) is 20.4 Å². The number of hydrogen-bond acceptors (Lipinski definition) is 6. The van der Waals surface area contributed by atoms with E-state index in [0.717, 1.165) is 36.6 Å². The third-order valence-corrected chi connectivity index (χ3v) is 6.35. The van der Waals surface area contributed by atoms with Crippen LogP contribution < -0.4 is 10.6 Å². The average molecular weight is 382 g/mol. The Morgan fingerprint density at radius 1 is 1.00 bits per heavy atom. The van der Waals surface area contributed by atoms with E-state index in [-0.39, 0.29) is 18.7 Å². The van der Waals surface area contributed by atoms with E-state index in [1.807, 2.05) is 6.07 Å². The van der Waals surface area contributed by atoms with E-state index in [9.17, 15) is 19.2 Å². The highest BCUT2D eigenvalue weighted by atomic mass is 16.2. The normalized spacial score (nSPS) is 30.0. The van der Waals surface area contributed by atoms with Crippen LogP contribution in [0.4, 0.5) is 0 Å². The van der Waals surface area contributed by atoms with Gasteiger partial charge in [0.2, 0.25) is 11.8 Å². The molecule has 0 spiro atoms. The summed E-state index contributed by atoms with van der Waals surface area (Å²) in [7, 11) is 0. The van der Waals surface area contributed by atoms with Gasteiger partial charge in [0.05, 0.1) is 11.1 Å². The van der Waals surface area contributed by atoms with Crippen molar-refractivity contribution in [2.75, 3.05) is 19.6 Å². The first-order chi connectivity index (χ1) is 13.5. The van der Waals surface area contributed by atoms with Gasteiger partial charge >= 0.3 is 0 Å². The first-order valence-corrected chi connectivity index (χ1v) is 9.81. The van der Waals surface area contributed by atoms with Crippen molar-refractivity contribution in [2.24, 2.45) is 5.92 Å². The van der Waals surface area contributed by atoms with Crippen LogP contribution >= 0.6 is 0 Å². The number of hydrogen-bond donors (Lipinski definition) is 2. The van der Waals surface area contributed by atoms with Gasteiger partial charge in [-0.05, 0) is 43.0 Å². The summed E-state index contributed by atoms with van der Waals surface area (Å²) in [6.07, 6.45) is 1.51. The van der Waals surface area contributed by atoms with Crippen LogP contribution in [-0.2, 0) is 16.1 Å². The number of rotatable bonds is 3. The Hall–Kier alpha value is -2.58. The third-order valence-electron chi connectivity index (χ3n) is 6.35. The molecule has 3 fully saturated rings. The summed E-state index contributed by atoms with van der Waals surface area (Å²) in [5, 5.41) is 5.75. The highest BCUT2D eigenvalue weighted by molar-refractivity contribution is 6.23. The molecule has 8 heteroatoms. The molecule has 0 saturated carbocycles. The summed E-state index contributed by atoms with van der Waals surface area (Å²) < 4.78 is 0. The average Bonchev–Trinajstić information content (AvgIpc) is 3.30. The molecule has 1 unspecified atom stereocenters. The minimum Gasteiger partial charge on any atom is -0.312 e. The molecule has 0 bridgehead atoms. The molecule has 4 heterocycles. The molecule has 2 N–H and O–H groups in total. The van der Waals surface area contributed by atoms with Gasteiger partial charge in [-0.1, -0.05) is 6.07 Å². The fraction of sp³-hybridized carbons (Fsp3) is 0.500. The summed E-state index contributed by atoms with van der Waals surface area (Å²) in [6, 6.07) is 4.99. The molecule has 4 amide bonds. The molecule has 0 aliphatic carbocycles. The highest BCUT2D eigenvalue weighted by Crippen LogP contribution is 2.30. The van der Waals surface area contributed by atoms with Crippen molar-refractivity contribution < 1.29 is 19.2 Å². The van der Waals surface area contributed by atoms with Crippen LogP contribution in [0.15, 0.2) is 18.2 Å². The Morgan fingerprint density at radius 2 is 1.82 bits per heavy atom. The number of carbonyl (C=O) groups excluding carboxylic acids is 4. The minimum absolute atomic E-state index is 0.125. The van der Waals surface area contributed by atoms with E-state index in [0.29, 0.717) is 23.1 Å². The zero-order chi connectivity index (χ0) is 19.4. The smallest absolute Gasteiger partial charge is 0.262 e.